The minimum absolute atomic E-state index is 0.121. The van der Waals surface area contributed by atoms with Gasteiger partial charge in [0, 0.05) is 18.6 Å². The van der Waals surface area contributed by atoms with Crippen molar-refractivity contribution in [1.82, 2.24) is 14.8 Å². The molecule has 2 heterocycles. The highest BCUT2D eigenvalue weighted by Gasteiger charge is 2.33. The Hall–Kier alpha value is -2.02. The fourth-order valence-electron chi connectivity index (χ4n) is 2.11. The average Bonchev–Trinajstić information content (AvgIpc) is 2.64. The Morgan fingerprint density at radius 3 is 2.65 bits per heavy atom. The van der Waals surface area contributed by atoms with Crippen molar-refractivity contribution >= 4 is 33.4 Å². The lowest BCUT2D eigenvalue weighted by Gasteiger charge is -2.10. The van der Waals surface area contributed by atoms with Crippen LogP contribution in [0.15, 0.2) is 23.1 Å². The number of H-pyrrole nitrogens is 1. The van der Waals surface area contributed by atoms with Crippen LogP contribution in [0.2, 0.25) is 5.02 Å². The molecular formula is C12H7ClF3N3O. The molecule has 0 amide bonds. The van der Waals surface area contributed by atoms with Crippen LogP contribution in [-0.2, 0) is 13.2 Å². The molecule has 3 aromatic rings. The van der Waals surface area contributed by atoms with Gasteiger partial charge in [0.05, 0.1) is 27.0 Å². The first-order valence-corrected chi connectivity index (χ1v) is 5.91. The van der Waals surface area contributed by atoms with E-state index in [1.54, 1.807) is 0 Å². The van der Waals surface area contributed by atoms with E-state index in [2.05, 4.69) is 10.1 Å². The molecule has 1 N–H and O–H groups in total. The van der Waals surface area contributed by atoms with Gasteiger partial charge in [-0.05, 0) is 12.1 Å². The molecule has 0 radical (unpaired) electrons. The fraction of sp³-hybridized carbons (Fsp3) is 0.167. The van der Waals surface area contributed by atoms with Crippen LogP contribution in [-0.4, -0.2) is 14.8 Å². The molecule has 0 unspecified atom stereocenters. The van der Waals surface area contributed by atoms with Crippen molar-refractivity contribution in [2.45, 2.75) is 6.18 Å². The van der Waals surface area contributed by atoms with Crippen molar-refractivity contribution in [2.75, 3.05) is 0 Å². The van der Waals surface area contributed by atoms with Crippen LogP contribution in [0.5, 0.6) is 0 Å². The summed E-state index contributed by atoms with van der Waals surface area (Å²) >= 11 is 5.69. The molecule has 8 heteroatoms. The maximum atomic E-state index is 12.8. The predicted octanol–water partition coefficient (Wildman–Crippen LogP) is 3.09. The molecule has 104 valence electrons. The Bertz CT molecular complexity index is 895. The van der Waals surface area contributed by atoms with Crippen molar-refractivity contribution in [3.05, 3.63) is 39.3 Å². The third-order valence-corrected chi connectivity index (χ3v) is 3.39. The van der Waals surface area contributed by atoms with Gasteiger partial charge in [0.25, 0.3) is 5.56 Å². The van der Waals surface area contributed by atoms with E-state index in [1.807, 2.05) is 0 Å². The van der Waals surface area contributed by atoms with Crippen molar-refractivity contribution in [1.29, 1.82) is 0 Å². The number of fused-ring (bicyclic) bond motifs is 3. The summed E-state index contributed by atoms with van der Waals surface area (Å²) in [5.74, 6) is 0. The van der Waals surface area contributed by atoms with Crippen LogP contribution in [0.4, 0.5) is 13.2 Å². The number of halogens is 4. The first-order chi connectivity index (χ1) is 9.29. The minimum atomic E-state index is -4.55. The van der Waals surface area contributed by atoms with E-state index in [0.29, 0.717) is 16.3 Å². The number of aromatic nitrogens is 3. The van der Waals surface area contributed by atoms with Crippen molar-refractivity contribution < 1.29 is 13.2 Å². The van der Waals surface area contributed by atoms with Crippen LogP contribution < -0.4 is 5.56 Å². The Balaban J connectivity index is 2.45. The summed E-state index contributed by atoms with van der Waals surface area (Å²) in [5.41, 5.74) is -0.712. The Morgan fingerprint density at radius 2 is 2.00 bits per heavy atom. The second-order valence-electron chi connectivity index (χ2n) is 4.37. The molecule has 0 atom stereocenters. The fourth-order valence-corrected chi connectivity index (χ4v) is 2.38. The lowest BCUT2D eigenvalue weighted by molar-refractivity contribution is -0.137. The summed E-state index contributed by atoms with van der Waals surface area (Å²) in [4.78, 5) is 15.7. The highest BCUT2D eigenvalue weighted by atomic mass is 35.5. The zero-order valence-corrected chi connectivity index (χ0v) is 10.8. The number of rotatable bonds is 0. The Morgan fingerprint density at radius 1 is 1.30 bits per heavy atom. The number of hydrogen-bond acceptors (Lipinski definition) is 2. The molecular weight excluding hydrogens is 295 g/mol. The van der Waals surface area contributed by atoms with E-state index >= 15 is 0 Å². The van der Waals surface area contributed by atoms with E-state index in [9.17, 15) is 18.0 Å². The topological polar surface area (TPSA) is 50.7 Å². The maximum absolute atomic E-state index is 12.8. The molecule has 0 fully saturated rings. The smallest absolute Gasteiger partial charge is 0.294 e. The molecule has 2 aromatic heterocycles. The number of nitrogens with one attached hydrogen (secondary N) is 1. The highest BCUT2D eigenvalue weighted by Crippen LogP contribution is 2.37. The largest absolute Gasteiger partial charge is 0.417 e. The number of hydrogen-bond donors (Lipinski definition) is 1. The summed E-state index contributed by atoms with van der Waals surface area (Å²) in [6.45, 7) is 0. The summed E-state index contributed by atoms with van der Waals surface area (Å²) < 4.78 is 39.6. The average molecular weight is 302 g/mol. The molecule has 0 spiro atoms. The van der Waals surface area contributed by atoms with Crippen molar-refractivity contribution in [3.63, 3.8) is 0 Å². The number of aromatic amines is 1. The van der Waals surface area contributed by atoms with Gasteiger partial charge in [-0.2, -0.15) is 13.2 Å². The number of alkyl halides is 3. The van der Waals surface area contributed by atoms with Crippen LogP contribution in [0, 0.1) is 0 Å². The predicted molar refractivity (Wildman–Crippen MR) is 68.9 cm³/mol. The third-order valence-electron chi connectivity index (χ3n) is 3.08. The van der Waals surface area contributed by atoms with Gasteiger partial charge < -0.3 is 0 Å². The highest BCUT2D eigenvalue weighted by molar-refractivity contribution is 6.32. The molecule has 0 saturated carbocycles. The number of nitrogens with zero attached hydrogens (tertiary/aromatic N) is 2. The van der Waals surface area contributed by atoms with E-state index in [1.165, 1.54) is 24.0 Å². The second kappa shape index (κ2) is 3.99. The molecule has 0 saturated heterocycles. The molecule has 4 nitrogen and oxygen atoms in total. The van der Waals surface area contributed by atoms with Crippen molar-refractivity contribution in [3.8, 4) is 0 Å². The quantitative estimate of drug-likeness (QED) is 0.693. The maximum Gasteiger partial charge on any atom is 0.417 e. The normalized spacial score (nSPS) is 12.4. The van der Waals surface area contributed by atoms with Gasteiger partial charge in [0.15, 0.2) is 0 Å². The first kappa shape index (κ1) is 13.0. The van der Waals surface area contributed by atoms with Gasteiger partial charge in [-0.15, -0.1) is 0 Å². The number of aryl methyl sites for hydroxylation is 1. The molecule has 20 heavy (non-hydrogen) atoms. The van der Waals surface area contributed by atoms with Gasteiger partial charge >= 0.3 is 6.18 Å². The van der Waals surface area contributed by atoms with Gasteiger partial charge in [-0.1, -0.05) is 11.6 Å². The third kappa shape index (κ3) is 1.77. The van der Waals surface area contributed by atoms with Crippen molar-refractivity contribution in [2.24, 2.45) is 7.05 Å². The van der Waals surface area contributed by atoms with Gasteiger partial charge in [-0.3, -0.25) is 19.6 Å². The van der Waals surface area contributed by atoms with E-state index in [4.69, 9.17) is 11.6 Å². The Labute approximate surface area is 114 Å². The molecule has 0 bridgehead atoms. The van der Waals surface area contributed by atoms with Crippen LogP contribution in [0.3, 0.4) is 0 Å². The van der Waals surface area contributed by atoms with Crippen LogP contribution in [0.1, 0.15) is 5.56 Å². The van der Waals surface area contributed by atoms with Gasteiger partial charge in [0.1, 0.15) is 0 Å². The Kier molecular flexibility index (Phi) is 2.59. The minimum Gasteiger partial charge on any atom is -0.294 e. The standard InChI is InChI=1S/C12H7ClF3N3O/c1-19-11(20)6-4-17-9-3-7(12(14,15)16)8(13)2-5(9)10(6)18-19/h2-4,18H,1H3. The number of benzene rings is 1. The SMILES string of the molecule is Cn1[nH]c2c(cnc3cc(C(F)(F)F)c(Cl)cc32)c1=O. The number of pyridine rings is 1. The van der Waals surface area contributed by atoms with E-state index < -0.39 is 16.8 Å². The molecule has 3 rings (SSSR count). The van der Waals surface area contributed by atoms with Crippen LogP contribution in [0.25, 0.3) is 21.8 Å². The second-order valence-corrected chi connectivity index (χ2v) is 4.78. The van der Waals surface area contributed by atoms with E-state index in [0.717, 1.165) is 6.07 Å². The van der Waals surface area contributed by atoms with E-state index in [-0.39, 0.29) is 11.1 Å². The molecule has 0 aliphatic rings. The zero-order chi connectivity index (χ0) is 14.7. The summed E-state index contributed by atoms with van der Waals surface area (Å²) in [7, 11) is 1.51. The molecule has 1 aromatic carbocycles. The lowest BCUT2D eigenvalue weighted by Crippen LogP contribution is -2.11. The summed E-state index contributed by atoms with van der Waals surface area (Å²) in [6, 6.07) is 2.05. The summed E-state index contributed by atoms with van der Waals surface area (Å²) in [6.07, 6.45) is -3.30. The summed E-state index contributed by atoms with van der Waals surface area (Å²) in [5, 5.41) is 3.03. The lowest BCUT2D eigenvalue weighted by atomic mass is 10.1. The van der Waals surface area contributed by atoms with Gasteiger partial charge in [0.2, 0.25) is 0 Å². The van der Waals surface area contributed by atoms with Gasteiger partial charge in [-0.25, -0.2) is 0 Å². The molecule has 0 aliphatic carbocycles. The monoisotopic (exact) mass is 301 g/mol. The van der Waals surface area contributed by atoms with Crippen LogP contribution >= 0.6 is 11.6 Å². The first-order valence-electron chi connectivity index (χ1n) is 5.53. The molecule has 0 aliphatic heterocycles. The zero-order valence-electron chi connectivity index (χ0n) is 10.0.